The second-order valence-corrected chi connectivity index (χ2v) is 4.31. The number of nitrogens with one attached hydrogen (secondary N) is 1. The van der Waals surface area contributed by atoms with Crippen LogP contribution in [0.2, 0.25) is 0 Å². The van der Waals surface area contributed by atoms with E-state index >= 15 is 0 Å². The molecule has 0 spiro atoms. The van der Waals surface area contributed by atoms with E-state index in [1.165, 1.54) is 0 Å². The largest absolute Gasteiger partial charge is 0.497 e. The van der Waals surface area contributed by atoms with Gasteiger partial charge < -0.3 is 20.1 Å². The fourth-order valence-corrected chi connectivity index (χ4v) is 1.84. The van der Waals surface area contributed by atoms with E-state index in [2.05, 4.69) is 5.32 Å². The molecule has 0 bridgehead atoms. The van der Waals surface area contributed by atoms with Gasteiger partial charge in [-0.15, -0.1) is 0 Å². The Balaban J connectivity index is 2.00. The molecule has 1 aliphatic rings. The Morgan fingerprint density at radius 2 is 2.33 bits per heavy atom. The van der Waals surface area contributed by atoms with Gasteiger partial charge in [-0.05, 0) is 25.0 Å². The third kappa shape index (κ3) is 3.13. The third-order valence-corrected chi connectivity index (χ3v) is 2.91. The van der Waals surface area contributed by atoms with E-state index in [0.717, 1.165) is 12.8 Å². The fourth-order valence-electron chi connectivity index (χ4n) is 1.84. The second-order valence-electron chi connectivity index (χ2n) is 4.31. The minimum Gasteiger partial charge on any atom is -0.497 e. The molecule has 2 amide bonds. The number of aliphatic hydroxyl groups excluding tert-OH is 1. The minimum atomic E-state index is -0.167. The number of rotatable bonds is 5. The Morgan fingerprint density at radius 3 is 2.94 bits per heavy atom. The predicted molar refractivity (Wildman–Crippen MR) is 68.8 cm³/mol. The van der Waals surface area contributed by atoms with Crippen molar-refractivity contribution >= 4 is 11.7 Å². The van der Waals surface area contributed by atoms with Gasteiger partial charge in [0.1, 0.15) is 5.75 Å². The summed E-state index contributed by atoms with van der Waals surface area (Å²) in [5.41, 5.74) is 0.697. The van der Waals surface area contributed by atoms with E-state index in [9.17, 15) is 4.79 Å². The van der Waals surface area contributed by atoms with E-state index < -0.39 is 0 Å². The van der Waals surface area contributed by atoms with Crippen LogP contribution >= 0.6 is 0 Å². The SMILES string of the molecule is COc1cccc(NC(=O)N(CCO)C2CC2)c1. The van der Waals surface area contributed by atoms with Crippen molar-refractivity contribution in [2.75, 3.05) is 25.6 Å². The van der Waals surface area contributed by atoms with Crippen LogP contribution in [0, 0.1) is 0 Å². The van der Waals surface area contributed by atoms with Gasteiger partial charge in [0.15, 0.2) is 0 Å². The normalized spacial score (nSPS) is 14.1. The molecule has 1 aromatic rings. The van der Waals surface area contributed by atoms with Crippen molar-refractivity contribution in [1.29, 1.82) is 0 Å². The maximum Gasteiger partial charge on any atom is 0.322 e. The lowest BCUT2D eigenvalue weighted by molar-refractivity contribution is 0.185. The lowest BCUT2D eigenvalue weighted by Crippen LogP contribution is -2.38. The van der Waals surface area contributed by atoms with Crippen molar-refractivity contribution in [2.45, 2.75) is 18.9 Å². The van der Waals surface area contributed by atoms with Crippen molar-refractivity contribution in [3.05, 3.63) is 24.3 Å². The maximum absolute atomic E-state index is 12.0. The quantitative estimate of drug-likeness (QED) is 0.835. The van der Waals surface area contributed by atoms with Gasteiger partial charge in [-0.2, -0.15) is 0 Å². The number of carbonyl (C=O) groups is 1. The first-order valence-corrected chi connectivity index (χ1v) is 6.07. The number of amides is 2. The van der Waals surface area contributed by atoms with Crippen LogP contribution in [0.5, 0.6) is 5.75 Å². The number of carbonyl (C=O) groups excluding carboxylic acids is 1. The molecule has 0 saturated heterocycles. The van der Waals surface area contributed by atoms with Gasteiger partial charge in [0, 0.05) is 24.3 Å². The van der Waals surface area contributed by atoms with E-state index in [0.29, 0.717) is 18.0 Å². The standard InChI is InChI=1S/C13H18N2O3/c1-18-12-4-2-3-10(9-12)14-13(17)15(7-8-16)11-5-6-11/h2-4,9,11,16H,5-8H2,1H3,(H,14,17). The van der Waals surface area contributed by atoms with Crippen LogP contribution in [0.15, 0.2) is 24.3 Å². The van der Waals surface area contributed by atoms with Crippen molar-refractivity contribution in [2.24, 2.45) is 0 Å². The molecule has 1 saturated carbocycles. The van der Waals surface area contributed by atoms with Gasteiger partial charge in [-0.25, -0.2) is 4.79 Å². The summed E-state index contributed by atoms with van der Waals surface area (Å²) < 4.78 is 5.10. The summed E-state index contributed by atoms with van der Waals surface area (Å²) in [6, 6.07) is 7.33. The van der Waals surface area contributed by atoms with Crippen LogP contribution in [-0.4, -0.2) is 42.3 Å². The number of hydrogen-bond acceptors (Lipinski definition) is 3. The van der Waals surface area contributed by atoms with Crippen LogP contribution in [0.3, 0.4) is 0 Å². The van der Waals surface area contributed by atoms with Crippen LogP contribution in [0.1, 0.15) is 12.8 Å². The highest BCUT2D eigenvalue weighted by molar-refractivity contribution is 5.90. The maximum atomic E-state index is 12.0. The summed E-state index contributed by atoms with van der Waals surface area (Å²) in [5, 5.41) is 11.8. The van der Waals surface area contributed by atoms with Gasteiger partial charge >= 0.3 is 6.03 Å². The highest BCUT2D eigenvalue weighted by atomic mass is 16.5. The van der Waals surface area contributed by atoms with Crippen molar-refractivity contribution in [1.82, 2.24) is 4.90 Å². The van der Waals surface area contributed by atoms with Crippen LogP contribution in [0.25, 0.3) is 0 Å². The van der Waals surface area contributed by atoms with Gasteiger partial charge in [-0.3, -0.25) is 0 Å². The molecule has 5 heteroatoms. The lowest BCUT2D eigenvalue weighted by Gasteiger charge is -2.21. The fraction of sp³-hybridized carbons (Fsp3) is 0.462. The lowest BCUT2D eigenvalue weighted by atomic mass is 10.3. The molecule has 1 fully saturated rings. The molecular weight excluding hydrogens is 232 g/mol. The molecule has 18 heavy (non-hydrogen) atoms. The zero-order valence-electron chi connectivity index (χ0n) is 10.4. The number of hydrogen-bond donors (Lipinski definition) is 2. The molecule has 0 radical (unpaired) electrons. The molecule has 0 aromatic heterocycles. The van der Waals surface area contributed by atoms with Crippen LogP contribution in [-0.2, 0) is 0 Å². The Labute approximate surface area is 106 Å². The molecule has 0 aliphatic heterocycles. The molecule has 0 unspecified atom stereocenters. The van der Waals surface area contributed by atoms with Crippen molar-refractivity contribution in [3.8, 4) is 5.75 Å². The number of anilines is 1. The Bertz CT molecular complexity index is 418. The summed E-state index contributed by atoms with van der Waals surface area (Å²) in [4.78, 5) is 13.7. The van der Waals surface area contributed by atoms with E-state index in [-0.39, 0.29) is 18.7 Å². The molecule has 2 N–H and O–H groups in total. The van der Waals surface area contributed by atoms with Gasteiger partial charge in [-0.1, -0.05) is 6.07 Å². The molecule has 5 nitrogen and oxygen atoms in total. The summed E-state index contributed by atoms with van der Waals surface area (Å²) >= 11 is 0. The highest BCUT2D eigenvalue weighted by Crippen LogP contribution is 2.27. The molecular formula is C13H18N2O3. The molecule has 1 aromatic carbocycles. The number of nitrogens with zero attached hydrogens (tertiary/aromatic N) is 1. The molecule has 0 heterocycles. The highest BCUT2D eigenvalue weighted by Gasteiger charge is 2.32. The van der Waals surface area contributed by atoms with E-state index in [1.54, 1.807) is 18.1 Å². The number of benzene rings is 1. The number of aliphatic hydroxyl groups is 1. The monoisotopic (exact) mass is 250 g/mol. The van der Waals surface area contributed by atoms with Crippen LogP contribution in [0.4, 0.5) is 10.5 Å². The van der Waals surface area contributed by atoms with E-state index in [1.807, 2.05) is 18.2 Å². The van der Waals surface area contributed by atoms with Crippen molar-refractivity contribution in [3.63, 3.8) is 0 Å². The first-order chi connectivity index (χ1) is 8.74. The summed E-state index contributed by atoms with van der Waals surface area (Å²) in [5.74, 6) is 0.702. The zero-order valence-corrected chi connectivity index (χ0v) is 10.4. The number of urea groups is 1. The average molecular weight is 250 g/mol. The van der Waals surface area contributed by atoms with Gasteiger partial charge in [0.2, 0.25) is 0 Å². The smallest absolute Gasteiger partial charge is 0.322 e. The molecule has 98 valence electrons. The Kier molecular flexibility index (Phi) is 4.04. The second kappa shape index (κ2) is 5.73. The number of methoxy groups -OCH3 is 1. The van der Waals surface area contributed by atoms with Gasteiger partial charge in [0.05, 0.1) is 13.7 Å². The minimum absolute atomic E-state index is 0.0119. The van der Waals surface area contributed by atoms with E-state index in [4.69, 9.17) is 9.84 Å². The van der Waals surface area contributed by atoms with Gasteiger partial charge in [0.25, 0.3) is 0 Å². The summed E-state index contributed by atoms with van der Waals surface area (Å²) in [6.45, 7) is 0.364. The molecule has 2 rings (SSSR count). The molecule has 0 atom stereocenters. The average Bonchev–Trinajstić information content (AvgIpc) is 3.20. The first kappa shape index (κ1) is 12.7. The summed E-state index contributed by atoms with van der Waals surface area (Å²) in [6.07, 6.45) is 2.04. The zero-order chi connectivity index (χ0) is 13.0. The topological polar surface area (TPSA) is 61.8 Å². The number of ether oxygens (including phenoxy) is 1. The predicted octanol–water partition coefficient (Wildman–Crippen LogP) is 1.68. The summed E-state index contributed by atoms with van der Waals surface area (Å²) in [7, 11) is 1.59. The van der Waals surface area contributed by atoms with Crippen molar-refractivity contribution < 1.29 is 14.6 Å². The van der Waals surface area contributed by atoms with Crippen LogP contribution < -0.4 is 10.1 Å². The third-order valence-electron chi connectivity index (χ3n) is 2.91. The molecule has 1 aliphatic carbocycles. The Hall–Kier alpha value is -1.75. The Morgan fingerprint density at radius 1 is 1.56 bits per heavy atom. The first-order valence-electron chi connectivity index (χ1n) is 6.07.